The number of amides is 2. The molecule has 1 unspecified atom stereocenters. The van der Waals surface area contributed by atoms with E-state index in [1.54, 1.807) is 0 Å². The van der Waals surface area contributed by atoms with Crippen LogP contribution in [0.4, 0.5) is 5.69 Å². The Kier molecular flexibility index (Phi) is 6.97. The van der Waals surface area contributed by atoms with E-state index in [1.165, 1.54) is 11.8 Å². The third-order valence-electron chi connectivity index (χ3n) is 5.82. The van der Waals surface area contributed by atoms with Crippen molar-refractivity contribution >= 4 is 51.9 Å². The molecule has 2 aliphatic rings. The summed E-state index contributed by atoms with van der Waals surface area (Å²) < 4.78 is 0. The summed E-state index contributed by atoms with van der Waals surface area (Å²) in [4.78, 5) is 36.7. The zero-order valence-electron chi connectivity index (χ0n) is 18.9. The Balaban J connectivity index is 1.32. The van der Waals surface area contributed by atoms with Gasteiger partial charge in [-0.3, -0.25) is 14.5 Å². The number of rotatable bonds is 7. The first-order chi connectivity index (χ1) is 17.1. The summed E-state index contributed by atoms with van der Waals surface area (Å²) in [6.45, 7) is 0.505. The van der Waals surface area contributed by atoms with Crippen molar-refractivity contribution in [2.75, 3.05) is 6.54 Å². The normalized spacial score (nSPS) is 16.3. The second-order valence-corrected chi connectivity index (χ2v) is 9.66. The summed E-state index contributed by atoms with van der Waals surface area (Å²) in [5, 5.41) is 4.26. The average Bonchev–Trinajstić information content (AvgIpc) is 3.19. The van der Waals surface area contributed by atoms with Crippen LogP contribution >= 0.6 is 23.4 Å². The summed E-state index contributed by atoms with van der Waals surface area (Å²) in [5.74, 6) is 0.659. The van der Waals surface area contributed by atoms with Gasteiger partial charge in [0.2, 0.25) is 5.91 Å². The van der Waals surface area contributed by atoms with Gasteiger partial charge in [-0.2, -0.15) is 4.99 Å². The molecule has 35 heavy (non-hydrogen) atoms. The van der Waals surface area contributed by atoms with Crippen LogP contribution in [-0.2, 0) is 21.8 Å². The molecule has 176 valence electrons. The van der Waals surface area contributed by atoms with Crippen molar-refractivity contribution in [2.24, 2.45) is 9.98 Å². The minimum atomic E-state index is -0.722. The van der Waals surface area contributed by atoms with E-state index in [1.807, 2.05) is 83.8 Å². The SMILES string of the molecule is O=C(CC1C(=O)N=C2c3ccccc3N=C(SCc3cccc(Cl)c3)N21)NCCc1ccccc1. The molecule has 0 saturated carbocycles. The maximum atomic E-state index is 13.0. The van der Waals surface area contributed by atoms with Gasteiger partial charge in [-0.15, -0.1) is 0 Å². The van der Waals surface area contributed by atoms with Crippen LogP contribution in [0.1, 0.15) is 23.1 Å². The first-order valence-electron chi connectivity index (χ1n) is 11.4. The average molecular weight is 503 g/mol. The van der Waals surface area contributed by atoms with Gasteiger partial charge >= 0.3 is 0 Å². The predicted octanol–water partition coefficient (Wildman–Crippen LogP) is 4.98. The summed E-state index contributed by atoms with van der Waals surface area (Å²) in [6.07, 6.45) is 0.742. The third-order valence-corrected chi connectivity index (χ3v) is 7.08. The number of thioether (sulfide) groups is 1. The number of para-hydroxylation sites is 1. The maximum absolute atomic E-state index is 13.0. The fourth-order valence-corrected chi connectivity index (χ4v) is 5.32. The van der Waals surface area contributed by atoms with Crippen molar-refractivity contribution < 1.29 is 9.59 Å². The van der Waals surface area contributed by atoms with Crippen molar-refractivity contribution in [3.63, 3.8) is 0 Å². The molecule has 0 fully saturated rings. The van der Waals surface area contributed by atoms with Crippen molar-refractivity contribution in [1.82, 2.24) is 10.2 Å². The third kappa shape index (κ3) is 5.31. The number of hydrogen-bond acceptors (Lipinski definition) is 5. The van der Waals surface area contributed by atoms with Crippen molar-refractivity contribution in [3.05, 3.63) is 101 Å². The van der Waals surface area contributed by atoms with Crippen LogP contribution < -0.4 is 5.32 Å². The van der Waals surface area contributed by atoms with Gasteiger partial charge in [0.1, 0.15) is 11.9 Å². The molecule has 0 radical (unpaired) electrons. The zero-order chi connectivity index (χ0) is 24.2. The number of benzene rings is 3. The van der Waals surface area contributed by atoms with E-state index in [0.29, 0.717) is 28.3 Å². The number of nitrogens with zero attached hydrogens (tertiary/aromatic N) is 3. The molecule has 0 saturated heterocycles. The molecular formula is C27H23ClN4O2S. The molecule has 0 aliphatic carbocycles. The van der Waals surface area contributed by atoms with Gasteiger partial charge in [-0.25, -0.2) is 4.99 Å². The van der Waals surface area contributed by atoms with Gasteiger partial charge < -0.3 is 5.32 Å². The lowest BCUT2D eigenvalue weighted by Crippen LogP contribution is -2.46. The molecule has 2 amide bonds. The number of aliphatic imine (C=N–C) groups is 2. The highest BCUT2D eigenvalue weighted by molar-refractivity contribution is 8.13. The van der Waals surface area contributed by atoms with Gasteiger partial charge in [0.15, 0.2) is 5.17 Å². The molecule has 0 aromatic heterocycles. The maximum Gasteiger partial charge on any atom is 0.271 e. The molecule has 8 heteroatoms. The minimum Gasteiger partial charge on any atom is -0.356 e. The lowest BCUT2D eigenvalue weighted by molar-refractivity contribution is -0.126. The Morgan fingerprint density at radius 2 is 1.74 bits per heavy atom. The molecule has 5 rings (SSSR count). The standard InChI is InChI=1S/C27H23ClN4O2S/c28-20-10-6-9-19(15-20)17-35-27-30-22-12-5-4-11-21(22)25-31-26(34)23(32(25)27)16-24(33)29-14-13-18-7-2-1-3-8-18/h1-12,15,23H,13-14,16-17H2,(H,29,33). The van der Waals surface area contributed by atoms with Gasteiger partial charge in [-0.05, 0) is 41.8 Å². The number of hydrogen-bond donors (Lipinski definition) is 1. The highest BCUT2D eigenvalue weighted by Gasteiger charge is 2.42. The minimum absolute atomic E-state index is 0.0134. The molecule has 0 spiro atoms. The molecule has 2 heterocycles. The predicted molar refractivity (Wildman–Crippen MR) is 141 cm³/mol. The van der Waals surface area contributed by atoms with Crippen LogP contribution in [0.5, 0.6) is 0 Å². The number of halogens is 1. The summed E-state index contributed by atoms with van der Waals surface area (Å²) in [7, 11) is 0. The lowest BCUT2D eigenvalue weighted by atomic mass is 10.1. The van der Waals surface area contributed by atoms with Gasteiger partial charge in [0, 0.05) is 22.9 Å². The van der Waals surface area contributed by atoms with Gasteiger partial charge in [-0.1, -0.05) is 78.0 Å². The molecule has 3 aromatic rings. The quantitative estimate of drug-likeness (QED) is 0.494. The Bertz CT molecular complexity index is 1330. The van der Waals surface area contributed by atoms with E-state index in [2.05, 4.69) is 10.3 Å². The van der Waals surface area contributed by atoms with Crippen molar-refractivity contribution in [2.45, 2.75) is 24.6 Å². The molecular weight excluding hydrogens is 480 g/mol. The van der Waals surface area contributed by atoms with Crippen molar-refractivity contribution in [3.8, 4) is 0 Å². The molecule has 1 atom stereocenters. The van der Waals surface area contributed by atoms with Gasteiger partial charge in [0.25, 0.3) is 5.91 Å². The number of carbonyl (C=O) groups excluding carboxylic acids is 2. The Morgan fingerprint density at radius 3 is 2.57 bits per heavy atom. The molecule has 0 bridgehead atoms. The largest absolute Gasteiger partial charge is 0.356 e. The second-order valence-electron chi connectivity index (χ2n) is 8.28. The van der Waals surface area contributed by atoms with Crippen LogP contribution in [-0.4, -0.2) is 40.3 Å². The number of nitrogens with one attached hydrogen (secondary N) is 1. The van der Waals surface area contributed by atoms with E-state index < -0.39 is 6.04 Å². The van der Waals surface area contributed by atoms with E-state index in [-0.39, 0.29) is 18.2 Å². The van der Waals surface area contributed by atoms with Crippen LogP contribution in [0.2, 0.25) is 5.02 Å². The Labute approximate surface area is 213 Å². The highest BCUT2D eigenvalue weighted by Crippen LogP contribution is 2.35. The van der Waals surface area contributed by atoms with Crippen LogP contribution in [0.15, 0.2) is 88.8 Å². The van der Waals surface area contributed by atoms with Crippen LogP contribution in [0.3, 0.4) is 0 Å². The smallest absolute Gasteiger partial charge is 0.271 e. The van der Waals surface area contributed by atoms with Gasteiger partial charge in [0.05, 0.1) is 12.1 Å². The number of amidine groups is 2. The van der Waals surface area contributed by atoms with E-state index in [4.69, 9.17) is 16.6 Å². The van der Waals surface area contributed by atoms with E-state index in [0.717, 1.165) is 28.8 Å². The van der Waals surface area contributed by atoms with E-state index in [9.17, 15) is 9.59 Å². The van der Waals surface area contributed by atoms with Crippen LogP contribution in [0.25, 0.3) is 0 Å². The highest BCUT2D eigenvalue weighted by atomic mass is 35.5. The molecule has 3 aromatic carbocycles. The summed E-state index contributed by atoms with van der Waals surface area (Å²) in [6, 6.07) is 24.5. The lowest BCUT2D eigenvalue weighted by Gasteiger charge is -2.30. The van der Waals surface area contributed by atoms with Crippen molar-refractivity contribution in [1.29, 1.82) is 0 Å². The molecule has 1 N–H and O–H groups in total. The second kappa shape index (κ2) is 10.5. The summed E-state index contributed by atoms with van der Waals surface area (Å²) >= 11 is 7.64. The fourth-order valence-electron chi connectivity index (χ4n) is 4.12. The Morgan fingerprint density at radius 1 is 0.971 bits per heavy atom. The molecule has 2 aliphatic heterocycles. The Hall–Kier alpha value is -3.42. The fraction of sp³-hybridized carbons (Fsp3) is 0.185. The topological polar surface area (TPSA) is 74.1 Å². The zero-order valence-corrected chi connectivity index (χ0v) is 20.4. The number of fused-ring (bicyclic) bond motifs is 3. The molecule has 6 nitrogen and oxygen atoms in total. The monoisotopic (exact) mass is 502 g/mol. The first kappa shape index (κ1) is 23.3. The summed E-state index contributed by atoms with van der Waals surface area (Å²) in [5.41, 5.74) is 3.75. The first-order valence-corrected chi connectivity index (χ1v) is 12.7. The van der Waals surface area contributed by atoms with E-state index >= 15 is 0 Å². The van der Waals surface area contributed by atoms with Crippen LogP contribution in [0, 0.1) is 0 Å². The number of carbonyl (C=O) groups is 2.